The van der Waals surface area contributed by atoms with Crippen LogP contribution in [0.2, 0.25) is 0 Å². The Balaban J connectivity index is 1.55. The van der Waals surface area contributed by atoms with Gasteiger partial charge in [0, 0.05) is 43.9 Å². The normalized spacial score (nSPS) is 12.5. The number of nitrogens with zero attached hydrogens (tertiary/aromatic N) is 5. The summed E-state index contributed by atoms with van der Waals surface area (Å²) in [4.78, 5) is 14.5. The molecule has 0 bridgehead atoms. The summed E-state index contributed by atoms with van der Waals surface area (Å²) in [5, 5.41) is 9.78. The summed E-state index contributed by atoms with van der Waals surface area (Å²) in [6.07, 6.45) is 3.62. The lowest BCUT2D eigenvalue weighted by atomic mass is 10.0. The van der Waals surface area contributed by atoms with Crippen molar-refractivity contribution in [3.05, 3.63) is 116 Å². The van der Waals surface area contributed by atoms with E-state index in [4.69, 9.17) is 9.97 Å². The highest BCUT2D eigenvalue weighted by atomic mass is 15.2. The standard InChI is InChI=1S/C35H19N5/c1-2-9-21-20(8-1)15-16-23-26-18-25-22-10-3-5-13-29(22)39-30-14-6-4-11-24(30)31(33(25)39)34(26)40(32(21)23)35-37-19-28-27(38-35)12-7-17-36-28/h1-19H. The van der Waals surface area contributed by atoms with Crippen LogP contribution in [0.25, 0.3) is 87.7 Å². The Bertz CT molecular complexity index is 2660. The van der Waals surface area contributed by atoms with Crippen molar-refractivity contribution in [2.45, 2.75) is 0 Å². The van der Waals surface area contributed by atoms with Gasteiger partial charge >= 0.3 is 0 Å². The van der Waals surface area contributed by atoms with Crippen molar-refractivity contribution in [2.24, 2.45) is 0 Å². The number of aromatic nitrogens is 5. The van der Waals surface area contributed by atoms with Gasteiger partial charge in [-0.05, 0) is 35.7 Å². The van der Waals surface area contributed by atoms with Crippen molar-refractivity contribution >= 4 is 81.7 Å². The molecule has 5 heteroatoms. The average molecular weight is 510 g/mol. The van der Waals surface area contributed by atoms with Crippen LogP contribution in [0.3, 0.4) is 0 Å². The number of hydrogen-bond acceptors (Lipinski definition) is 3. The zero-order valence-corrected chi connectivity index (χ0v) is 21.2. The van der Waals surface area contributed by atoms with Gasteiger partial charge in [-0.25, -0.2) is 9.97 Å². The van der Waals surface area contributed by atoms with E-state index in [1.807, 2.05) is 18.3 Å². The molecule has 5 heterocycles. The van der Waals surface area contributed by atoms with E-state index in [2.05, 4.69) is 105 Å². The molecule has 0 unspecified atom stereocenters. The average Bonchev–Trinajstić information content (AvgIpc) is 3.65. The third kappa shape index (κ3) is 2.37. The topological polar surface area (TPSA) is 48.0 Å². The van der Waals surface area contributed by atoms with Gasteiger partial charge in [0.2, 0.25) is 5.95 Å². The van der Waals surface area contributed by atoms with Crippen LogP contribution in [-0.2, 0) is 0 Å². The van der Waals surface area contributed by atoms with Crippen LogP contribution in [-0.4, -0.2) is 23.9 Å². The third-order valence-corrected chi connectivity index (χ3v) is 8.52. The fraction of sp³-hybridized carbons (Fsp3) is 0. The molecule has 0 saturated carbocycles. The molecule has 0 saturated heterocycles. The van der Waals surface area contributed by atoms with E-state index >= 15 is 0 Å². The van der Waals surface area contributed by atoms with Crippen LogP contribution >= 0.6 is 0 Å². The van der Waals surface area contributed by atoms with E-state index < -0.39 is 0 Å². The van der Waals surface area contributed by atoms with Crippen molar-refractivity contribution in [3.8, 4) is 5.95 Å². The summed E-state index contributed by atoms with van der Waals surface area (Å²) in [6.45, 7) is 0. The predicted molar refractivity (Wildman–Crippen MR) is 164 cm³/mol. The molecule has 5 aromatic heterocycles. The minimum atomic E-state index is 0.652. The molecular formula is C35H19N5. The fourth-order valence-electron chi connectivity index (χ4n) is 6.93. The maximum absolute atomic E-state index is 5.08. The lowest BCUT2D eigenvalue weighted by Gasteiger charge is -2.09. The minimum Gasteiger partial charge on any atom is -0.308 e. The zero-order chi connectivity index (χ0) is 25.9. The van der Waals surface area contributed by atoms with E-state index in [9.17, 15) is 0 Å². The van der Waals surface area contributed by atoms with E-state index in [0.717, 1.165) is 22.1 Å². The van der Waals surface area contributed by atoms with Crippen LogP contribution in [0.4, 0.5) is 0 Å². The first kappa shape index (κ1) is 20.4. The SMILES string of the molecule is c1ccc2c(c1)ccc1c3cc4c5ccccc5n5c6ccccc6c(c3n(-c3ncc6ncccc6n3)c21)c45. The Morgan fingerprint density at radius 3 is 2.15 bits per heavy atom. The lowest BCUT2D eigenvalue weighted by Crippen LogP contribution is -2.02. The molecule has 5 nitrogen and oxygen atoms in total. The quantitative estimate of drug-likeness (QED) is 0.223. The van der Waals surface area contributed by atoms with E-state index in [-0.39, 0.29) is 0 Å². The van der Waals surface area contributed by atoms with E-state index in [1.165, 1.54) is 59.6 Å². The first-order valence-corrected chi connectivity index (χ1v) is 13.5. The highest BCUT2D eigenvalue weighted by Crippen LogP contribution is 2.47. The number of fused-ring (bicyclic) bond motifs is 13. The second-order valence-electron chi connectivity index (χ2n) is 10.5. The van der Waals surface area contributed by atoms with Crippen LogP contribution < -0.4 is 0 Å². The van der Waals surface area contributed by atoms with E-state index in [1.54, 1.807) is 6.20 Å². The van der Waals surface area contributed by atoms with Gasteiger partial charge in [-0.3, -0.25) is 9.55 Å². The summed E-state index contributed by atoms with van der Waals surface area (Å²) in [7, 11) is 0. The first-order chi connectivity index (χ1) is 19.9. The first-order valence-electron chi connectivity index (χ1n) is 13.5. The largest absolute Gasteiger partial charge is 0.308 e. The zero-order valence-electron chi connectivity index (χ0n) is 21.2. The summed E-state index contributed by atoms with van der Waals surface area (Å²) >= 11 is 0. The smallest absolute Gasteiger partial charge is 0.235 e. The Hall–Kier alpha value is -5.55. The molecule has 40 heavy (non-hydrogen) atoms. The summed E-state index contributed by atoms with van der Waals surface area (Å²) in [5.41, 5.74) is 7.55. The summed E-state index contributed by atoms with van der Waals surface area (Å²) in [5.74, 6) is 0.652. The molecule has 0 N–H and O–H groups in total. The predicted octanol–water partition coefficient (Wildman–Crippen LogP) is 8.43. The second kappa shape index (κ2) is 7.10. The van der Waals surface area contributed by atoms with Gasteiger partial charge in [-0.1, -0.05) is 72.8 Å². The molecule has 0 aliphatic heterocycles. The van der Waals surface area contributed by atoms with Crippen molar-refractivity contribution in [1.29, 1.82) is 0 Å². The van der Waals surface area contributed by atoms with Crippen molar-refractivity contribution in [1.82, 2.24) is 23.9 Å². The molecule has 10 aromatic rings. The molecule has 0 spiro atoms. The van der Waals surface area contributed by atoms with Gasteiger partial charge in [0.15, 0.2) is 0 Å². The molecule has 0 aliphatic rings. The van der Waals surface area contributed by atoms with Crippen molar-refractivity contribution in [3.63, 3.8) is 0 Å². The minimum absolute atomic E-state index is 0.652. The highest BCUT2D eigenvalue weighted by molar-refractivity contribution is 6.35. The van der Waals surface area contributed by atoms with Gasteiger partial charge < -0.3 is 4.40 Å². The molecule has 0 aliphatic carbocycles. The maximum atomic E-state index is 5.08. The molecular weight excluding hydrogens is 490 g/mol. The van der Waals surface area contributed by atoms with Crippen molar-refractivity contribution in [2.75, 3.05) is 0 Å². The fourth-order valence-corrected chi connectivity index (χ4v) is 6.93. The molecule has 0 fully saturated rings. The van der Waals surface area contributed by atoms with Crippen LogP contribution in [0, 0.1) is 0 Å². The van der Waals surface area contributed by atoms with E-state index in [0.29, 0.717) is 5.95 Å². The second-order valence-corrected chi connectivity index (χ2v) is 10.5. The monoisotopic (exact) mass is 509 g/mol. The lowest BCUT2D eigenvalue weighted by molar-refractivity contribution is 1.01. The maximum Gasteiger partial charge on any atom is 0.235 e. The summed E-state index contributed by atoms with van der Waals surface area (Å²) < 4.78 is 4.72. The summed E-state index contributed by atoms with van der Waals surface area (Å²) in [6, 6.07) is 36.9. The van der Waals surface area contributed by atoms with Crippen LogP contribution in [0.5, 0.6) is 0 Å². The number of hydrogen-bond donors (Lipinski definition) is 0. The number of pyridine rings is 1. The highest BCUT2D eigenvalue weighted by Gasteiger charge is 2.25. The Morgan fingerprint density at radius 1 is 0.500 bits per heavy atom. The number of benzene rings is 5. The van der Waals surface area contributed by atoms with Gasteiger partial charge in [0.05, 0.1) is 39.3 Å². The number of rotatable bonds is 1. The molecule has 0 radical (unpaired) electrons. The molecule has 0 atom stereocenters. The Kier molecular flexibility index (Phi) is 3.62. The third-order valence-electron chi connectivity index (χ3n) is 8.52. The van der Waals surface area contributed by atoms with Crippen LogP contribution in [0.15, 0.2) is 116 Å². The van der Waals surface area contributed by atoms with Gasteiger partial charge in [-0.2, -0.15) is 0 Å². The molecule has 10 rings (SSSR count). The van der Waals surface area contributed by atoms with Gasteiger partial charge in [0.25, 0.3) is 0 Å². The molecule has 5 aromatic carbocycles. The van der Waals surface area contributed by atoms with Crippen molar-refractivity contribution < 1.29 is 0 Å². The van der Waals surface area contributed by atoms with Gasteiger partial charge in [0.1, 0.15) is 5.52 Å². The Labute approximate surface area is 226 Å². The van der Waals surface area contributed by atoms with Gasteiger partial charge in [-0.15, -0.1) is 0 Å². The van der Waals surface area contributed by atoms with Crippen LogP contribution in [0.1, 0.15) is 0 Å². The Morgan fingerprint density at radius 2 is 1.25 bits per heavy atom. The molecule has 184 valence electrons. The molecule has 0 amide bonds. The number of para-hydroxylation sites is 2.